The SMILES string of the molecule is Cc1ccccc1NC(=O)C(C)Sc1cccc(NC(=O)c2ccccc2F)c1. The van der Waals surface area contributed by atoms with Crippen LogP contribution in [0.3, 0.4) is 0 Å². The first-order valence-electron chi connectivity index (χ1n) is 9.13. The lowest BCUT2D eigenvalue weighted by Crippen LogP contribution is -2.22. The van der Waals surface area contributed by atoms with Crippen molar-refractivity contribution in [3.05, 3.63) is 89.7 Å². The summed E-state index contributed by atoms with van der Waals surface area (Å²) in [5.74, 6) is -1.20. The van der Waals surface area contributed by atoms with Crippen LogP contribution in [0.15, 0.2) is 77.7 Å². The lowest BCUT2D eigenvalue weighted by Gasteiger charge is -2.14. The molecule has 0 heterocycles. The van der Waals surface area contributed by atoms with Crippen molar-refractivity contribution in [1.82, 2.24) is 0 Å². The van der Waals surface area contributed by atoms with Gasteiger partial charge in [-0.25, -0.2) is 4.39 Å². The van der Waals surface area contributed by atoms with Crippen LogP contribution in [0.5, 0.6) is 0 Å². The number of thioether (sulfide) groups is 1. The Kier molecular flexibility index (Phi) is 6.67. The highest BCUT2D eigenvalue weighted by molar-refractivity contribution is 8.00. The summed E-state index contributed by atoms with van der Waals surface area (Å²) >= 11 is 1.38. The van der Waals surface area contributed by atoms with Crippen LogP contribution in [-0.4, -0.2) is 17.1 Å². The third kappa shape index (κ3) is 5.45. The van der Waals surface area contributed by atoms with Crippen molar-refractivity contribution >= 4 is 35.0 Å². The molecule has 0 aromatic heterocycles. The Labute approximate surface area is 173 Å². The maximum atomic E-state index is 13.8. The number of aryl methyl sites for hydroxylation is 1. The molecule has 1 unspecified atom stereocenters. The number of carbonyl (C=O) groups is 2. The molecule has 1 atom stereocenters. The Bertz CT molecular complexity index is 1040. The van der Waals surface area contributed by atoms with Gasteiger partial charge in [-0.3, -0.25) is 9.59 Å². The minimum absolute atomic E-state index is 0.0171. The molecule has 0 saturated carbocycles. The molecule has 0 bridgehead atoms. The van der Waals surface area contributed by atoms with E-state index in [1.165, 1.54) is 30.0 Å². The molecule has 6 heteroatoms. The van der Waals surface area contributed by atoms with Crippen LogP contribution >= 0.6 is 11.8 Å². The quantitative estimate of drug-likeness (QED) is 0.529. The van der Waals surface area contributed by atoms with Gasteiger partial charge in [-0.2, -0.15) is 0 Å². The van der Waals surface area contributed by atoms with Gasteiger partial charge in [-0.1, -0.05) is 36.4 Å². The lowest BCUT2D eigenvalue weighted by molar-refractivity contribution is -0.115. The maximum Gasteiger partial charge on any atom is 0.258 e. The molecule has 3 aromatic carbocycles. The van der Waals surface area contributed by atoms with Crippen LogP contribution in [0.1, 0.15) is 22.8 Å². The Morgan fingerprint density at radius 2 is 1.66 bits per heavy atom. The molecule has 0 aliphatic heterocycles. The third-order valence-electron chi connectivity index (χ3n) is 4.30. The average molecular weight is 408 g/mol. The van der Waals surface area contributed by atoms with Crippen LogP contribution in [0, 0.1) is 12.7 Å². The molecule has 0 aliphatic carbocycles. The molecule has 4 nitrogen and oxygen atoms in total. The molecule has 0 spiro atoms. The van der Waals surface area contributed by atoms with Gasteiger partial charge in [-0.15, -0.1) is 11.8 Å². The lowest BCUT2D eigenvalue weighted by atomic mass is 10.2. The van der Waals surface area contributed by atoms with Crippen molar-refractivity contribution in [2.45, 2.75) is 24.0 Å². The number of carbonyl (C=O) groups excluding carboxylic acids is 2. The van der Waals surface area contributed by atoms with E-state index in [9.17, 15) is 14.0 Å². The summed E-state index contributed by atoms with van der Waals surface area (Å²) in [6, 6.07) is 20.6. The normalized spacial score (nSPS) is 11.6. The van der Waals surface area contributed by atoms with Crippen molar-refractivity contribution in [3.8, 4) is 0 Å². The first kappa shape index (κ1) is 20.6. The van der Waals surface area contributed by atoms with Crippen LogP contribution in [-0.2, 0) is 4.79 Å². The van der Waals surface area contributed by atoms with E-state index in [2.05, 4.69) is 10.6 Å². The zero-order valence-corrected chi connectivity index (χ0v) is 16.9. The molecule has 3 aromatic rings. The molecule has 148 valence electrons. The minimum atomic E-state index is -0.572. The molecular weight excluding hydrogens is 387 g/mol. The van der Waals surface area contributed by atoms with Crippen LogP contribution in [0.25, 0.3) is 0 Å². The van der Waals surface area contributed by atoms with Crippen LogP contribution in [0.4, 0.5) is 15.8 Å². The second-order valence-electron chi connectivity index (χ2n) is 6.53. The number of nitrogens with one attached hydrogen (secondary N) is 2. The highest BCUT2D eigenvalue weighted by atomic mass is 32.2. The van der Waals surface area contributed by atoms with Crippen molar-refractivity contribution in [2.24, 2.45) is 0 Å². The van der Waals surface area contributed by atoms with E-state index in [-0.39, 0.29) is 16.7 Å². The fourth-order valence-corrected chi connectivity index (χ4v) is 3.62. The number of hydrogen-bond donors (Lipinski definition) is 2. The zero-order chi connectivity index (χ0) is 20.8. The van der Waals surface area contributed by atoms with Gasteiger partial charge in [0.15, 0.2) is 0 Å². The van der Waals surface area contributed by atoms with E-state index in [4.69, 9.17) is 0 Å². The number of rotatable bonds is 6. The molecule has 0 saturated heterocycles. The number of amides is 2. The second kappa shape index (κ2) is 9.39. The largest absolute Gasteiger partial charge is 0.325 e. The van der Waals surface area contributed by atoms with Crippen molar-refractivity contribution in [2.75, 3.05) is 10.6 Å². The van der Waals surface area contributed by atoms with E-state index in [0.717, 1.165) is 16.1 Å². The molecule has 3 rings (SSSR count). The number of para-hydroxylation sites is 1. The number of benzene rings is 3. The van der Waals surface area contributed by atoms with E-state index < -0.39 is 11.7 Å². The predicted molar refractivity (Wildman–Crippen MR) is 116 cm³/mol. The summed E-state index contributed by atoms with van der Waals surface area (Å²) in [7, 11) is 0. The first-order valence-corrected chi connectivity index (χ1v) is 10.0. The Morgan fingerprint density at radius 1 is 0.931 bits per heavy atom. The molecule has 2 N–H and O–H groups in total. The standard InChI is InChI=1S/C23H21FN2O2S/c1-15-8-3-6-13-21(15)26-22(27)16(2)29-18-10-7-9-17(14-18)25-23(28)19-11-4-5-12-20(19)24/h3-14,16H,1-2H3,(H,25,28)(H,26,27). The van der Waals surface area contributed by atoms with Crippen LogP contribution < -0.4 is 10.6 Å². The minimum Gasteiger partial charge on any atom is -0.325 e. The summed E-state index contributed by atoms with van der Waals surface area (Å²) < 4.78 is 13.8. The van der Waals surface area contributed by atoms with Crippen molar-refractivity contribution < 1.29 is 14.0 Å². The summed E-state index contributed by atoms with van der Waals surface area (Å²) in [4.78, 5) is 25.6. The Balaban J connectivity index is 1.65. The monoisotopic (exact) mass is 408 g/mol. The molecule has 29 heavy (non-hydrogen) atoms. The predicted octanol–water partition coefficient (Wildman–Crippen LogP) is 5.51. The van der Waals surface area contributed by atoms with Gasteiger partial charge < -0.3 is 10.6 Å². The average Bonchev–Trinajstić information content (AvgIpc) is 2.70. The maximum absolute atomic E-state index is 13.8. The fraction of sp³-hybridized carbons (Fsp3) is 0.130. The number of halogens is 1. The summed E-state index contributed by atoms with van der Waals surface area (Å²) in [6.45, 7) is 3.76. The van der Waals surface area contributed by atoms with E-state index in [1.54, 1.807) is 24.3 Å². The third-order valence-corrected chi connectivity index (χ3v) is 5.39. The number of hydrogen-bond acceptors (Lipinski definition) is 3. The van der Waals surface area contributed by atoms with E-state index >= 15 is 0 Å². The molecule has 0 radical (unpaired) electrons. The zero-order valence-electron chi connectivity index (χ0n) is 16.1. The summed E-state index contributed by atoms with van der Waals surface area (Å²) in [5, 5.41) is 5.29. The Hall–Kier alpha value is -3.12. The van der Waals surface area contributed by atoms with Crippen LogP contribution in [0.2, 0.25) is 0 Å². The summed E-state index contributed by atoms with van der Waals surface area (Å²) in [6.07, 6.45) is 0. The molecule has 0 aliphatic rings. The van der Waals surface area contributed by atoms with Crippen molar-refractivity contribution in [1.29, 1.82) is 0 Å². The van der Waals surface area contributed by atoms with Gasteiger partial charge in [0.25, 0.3) is 5.91 Å². The van der Waals surface area contributed by atoms with Crippen molar-refractivity contribution in [3.63, 3.8) is 0 Å². The van der Waals surface area contributed by atoms with E-state index in [0.29, 0.717) is 5.69 Å². The first-order chi connectivity index (χ1) is 13.9. The molecule has 0 fully saturated rings. The second-order valence-corrected chi connectivity index (χ2v) is 7.94. The van der Waals surface area contributed by atoms with Gasteiger partial charge in [0.1, 0.15) is 5.82 Å². The molecular formula is C23H21FN2O2S. The number of anilines is 2. The fourth-order valence-electron chi connectivity index (χ4n) is 2.70. The Morgan fingerprint density at radius 3 is 2.41 bits per heavy atom. The topological polar surface area (TPSA) is 58.2 Å². The van der Waals surface area contributed by atoms with Gasteiger partial charge in [0, 0.05) is 16.3 Å². The van der Waals surface area contributed by atoms with Gasteiger partial charge >= 0.3 is 0 Å². The van der Waals surface area contributed by atoms with Gasteiger partial charge in [-0.05, 0) is 55.8 Å². The van der Waals surface area contributed by atoms with Gasteiger partial charge in [0.05, 0.1) is 10.8 Å². The highest BCUT2D eigenvalue weighted by Crippen LogP contribution is 2.27. The van der Waals surface area contributed by atoms with E-state index in [1.807, 2.05) is 44.2 Å². The highest BCUT2D eigenvalue weighted by Gasteiger charge is 2.16. The smallest absolute Gasteiger partial charge is 0.258 e. The van der Waals surface area contributed by atoms with Gasteiger partial charge in [0.2, 0.25) is 5.91 Å². The summed E-state index contributed by atoms with van der Waals surface area (Å²) in [5.41, 5.74) is 2.30. The molecule has 2 amide bonds.